The third-order valence-corrected chi connectivity index (χ3v) is 8.08. The van der Waals surface area contributed by atoms with Gasteiger partial charge >= 0.3 is 0 Å². The van der Waals surface area contributed by atoms with Crippen molar-refractivity contribution >= 4 is 23.3 Å². The van der Waals surface area contributed by atoms with E-state index in [1.165, 1.54) is 0 Å². The van der Waals surface area contributed by atoms with Crippen molar-refractivity contribution in [1.29, 1.82) is 0 Å². The van der Waals surface area contributed by atoms with E-state index in [4.69, 9.17) is 13.7 Å². The molecular formula is C25H41NO4Si2. The van der Waals surface area contributed by atoms with Crippen molar-refractivity contribution in [2.45, 2.75) is 84.8 Å². The zero-order valence-corrected chi connectivity index (χ0v) is 23.4. The van der Waals surface area contributed by atoms with Crippen LogP contribution in [0.1, 0.15) is 33.3 Å². The molecule has 1 saturated heterocycles. The highest BCUT2D eigenvalue weighted by molar-refractivity contribution is 6.69. The Balaban J connectivity index is 2.06. The normalized spacial score (nSPS) is 30.8. The number of carbonyl (C=O) groups excluding carboxylic acids is 1. The molecule has 1 aromatic rings. The zero-order chi connectivity index (χ0) is 23.9. The number of benzene rings is 1. The lowest BCUT2D eigenvalue weighted by Crippen LogP contribution is -2.82. The van der Waals surface area contributed by atoms with Crippen LogP contribution in [0.3, 0.4) is 0 Å². The van der Waals surface area contributed by atoms with Crippen LogP contribution in [0.2, 0.25) is 32.7 Å². The van der Waals surface area contributed by atoms with Gasteiger partial charge in [-0.05, 0) is 55.5 Å². The Hall–Kier alpha value is -1.26. The maximum atomic E-state index is 13.4. The van der Waals surface area contributed by atoms with Gasteiger partial charge in [0, 0.05) is 0 Å². The first-order valence-corrected chi connectivity index (χ1v) is 18.0. The molecule has 1 fully saturated rings. The predicted octanol–water partition coefficient (Wildman–Crippen LogP) is 5.16. The fourth-order valence-electron chi connectivity index (χ4n) is 5.16. The molecule has 7 heteroatoms. The number of amides is 1. The molecule has 5 unspecified atom stereocenters. The standard InChI is InChI=1S/C25H41NO4Si2/c1-18-15-16-25(21(30-32(7,8)9)20(18)24(2,3)4)22(29-31(5)6)23(27)26(25)28-17-19-13-11-10-12-14-19/h10-16,18,20-22,31H,17H2,1-9H3. The summed E-state index contributed by atoms with van der Waals surface area (Å²) in [6.07, 6.45) is 3.64. The van der Waals surface area contributed by atoms with Crippen LogP contribution in [0.25, 0.3) is 0 Å². The molecular weight excluding hydrogens is 434 g/mol. The smallest absolute Gasteiger partial charge is 0.278 e. The summed E-state index contributed by atoms with van der Waals surface area (Å²) in [5, 5.41) is 1.58. The quantitative estimate of drug-likeness (QED) is 0.311. The third kappa shape index (κ3) is 4.97. The maximum absolute atomic E-state index is 13.4. The number of nitrogens with zero attached hydrogens (tertiary/aromatic N) is 1. The Labute approximate surface area is 196 Å². The van der Waals surface area contributed by atoms with Crippen molar-refractivity contribution in [2.75, 3.05) is 0 Å². The van der Waals surface area contributed by atoms with Crippen molar-refractivity contribution in [1.82, 2.24) is 5.06 Å². The lowest BCUT2D eigenvalue weighted by molar-refractivity contribution is -0.302. The van der Waals surface area contributed by atoms with E-state index in [2.05, 4.69) is 72.6 Å². The van der Waals surface area contributed by atoms with Crippen LogP contribution in [0, 0.1) is 17.3 Å². The minimum atomic E-state index is -1.95. The summed E-state index contributed by atoms with van der Waals surface area (Å²) in [5.41, 5.74) is 0.278. The van der Waals surface area contributed by atoms with Gasteiger partial charge in [-0.2, -0.15) is 0 Å². The molecule has 1 aliphatic heterocycles. The summed E-state index contributed by atoms with van der Waals surface area (Å²) in [5.74, 6) is 0.443. The largest absolute Gasteiger partial charge is 0.411 e. The molecule has 32 heavy (non-hydrogen) atoms. The highest BCUT2D eigenvalue weighted by atomic mass is 28.4. The number of carbonyl (C=O) groups is 1. The van der Waals surface area contributed by atoms with Crippen LogP contribution in [-0.4, -0.2) is 46.1 Å². The number of allylic oxidation sites excluding steroid dienone is 1. The molecule has 0 radical (unpaired) electrons. The summed E-state index contributed by atoms with van der Waals surface area (Å²) in [6.45, 7) is 20.3. The molecule has 1 amide bonds. The second-order valence-electron chi connectivity index (χ2n) is 11.6. The monoisotopic (exact) mass is 475 g/mol. The summed E-state index contributed by atoms with van der Waals surface area (Å²) >= 11 is 0. The van der Waals surface area contributed by atoms with Crippen LogP contribution in [0.4, 0.5) is 0 Å². The van der Waals surface area contributed by atoms with Crippen LogP contribution >= 0.6 is 0 Å². The Morgan fingerprint density at radius 3 is 2.28 bits per heavy atom. The van der Waals surface area contributed by atoms with Gasteiger partial charge in [-0.15, -0.1) is 0 Å². The van der Waals surface area contributed by atoms with E-state index < -0.39 is 29.0 Å². The number of hydroxylamine groups is 2. The van der Waals surface area contributed by atoms with E-state index in [1.807, 2.05) is 30.3 Å². The molecule has 1 spiro atoms. The predicted molar refractivity (Wildman–Crippen MR) is 134 cm³/mol. The molecule has 0 bridgehead atoms. The van der Waals surface area contributed by atoms with Crippen LogP contribution in [0.5, 0.6) is 0 Å². The van der Waals surface area contributed by atoms with Gasteiger partial charge in [0.05, 0.1) is 6.10 Å². The number of β-lactam (4-membered cyclic amide) rings is 1. The minimum absolute atomic E-state index is 0.00889. The lowest BCUT2D eigenvalue weighted by atomic mass is 9.59. The molecule has 0 N–H and O–H groups in total. The van der Waals surface area contributed by atoms with Crippen LogP contribution < -0.4 is 0 Å². The van der Waals surface area contributed by atoms with Crippen molar-refractivity contribution in [3.63, 3.8) is 0 Å². The fraction of sp³-hybridized carbons (Fsp3) is 0.640. The number of hydrogen-bond acceptors (Lipinski definition) is 4. The van der Waals surface area contributed by atoms with Gasteiger partial charge < -0.3 is 8.85 Å². The third-order valence-electron chi connectivity index (χ3n) is 6.30. The molecule has 0 aromatic heterocycles. The second kappa shape index (κ2) is 9.18. The van der Waals surface area contributed by atoms with E-state index in [0.717, 1.165) is 5.56 Å². The average Bonchev–Trinajstić information content (AvgIpc) is 2.66. The lowest BCUT2D eigenvalue weighted by Gasteiger charge is -2.63. The van der Waals surface area contributed by atoms with Crippen molar-refractivity contribution in [2.24, 2.45) is 17.3 Å². The van der Waals surface area contributed by atoms with Crippen molar-refractivity contribution in [3.8, 4) is 0 Å². The van der Waals surface area contributed by atoms with Crippen LogP contribution in [0.15, 0.2) is 42.5 Å². The van der Waals surface area contributed by atoms with Gasteiger partial charge in [0.1, 0.15) is 12.1 Å². The van der Waals surface area contributed by atoms with E-state index in [0.29, 0.717) is 12.5 Å². The van der Waals surface area contributed by atoms with Crippen LogP contribution in [-0.2, 0) is 25.1 Å². The summed E-state index contributed by atoms with van der Waals surface area (Å²) in [6, 6.07) is 9.97. The first-order chi connectivity index (χ1) is 14.8. The summed E-state index contributed by atoms with van der Waals surface area (Å²) < 4.78 is 13.3. The Kier molecular flexibility index (Phi) is 7.28. The molecule has 3 rings (SSSR count). The molecule has 1 heterocycles. The second-order valence-corrected chi connectivity index (χ2v) is 18.4. The minimum Gasteiger partial charge on any atom is -0.411 e. The van der Waals surface area contributed by atoms with E-state index >= 15 is 0 Å². The summed E-state index contributed by atoms with van der Waals surface area (Å²) in [4.78, 5) is 19.6. The van der Waals surface area contributed by atoms with E-state index in [9.17, 15) is 4.79 Å². The van der Waals surface area contributed by atoms with Gasteiger partial charge in [-0.3, -0.25) is 9.63 Å². The van der Waals surface area contributed by atoms with Crippen molar-refractivity contribution < 1.29 is 18.5 Å². The first-order valence-electron chi connectivity index (χ1n) is 11.8. The SMILES string of the molecule is CC1C=CC2(C(O[SiH](C)C)C(=O)N2OCc2ccccc2)C(O[Si](C)(C)C)C1C(C)(C)C. The van der Waals surface area contributed by atoms with Gasteiger partial charge in [-0.25, -0.2) is 5.06 Å². The Bertz CT molecular complexity index is 831. The van der Waals surface area contributed by atoms with Gasteiger partial charge in [0.15, 0.2) is 23.5 Å². The summed E-state index contributed by atoms with van der Waals surface area (Å²) in [7, 11) is -3.42. The number of hydrogen-bond donors (Lipinski definition) is 0. The fourth-order valence-corrected chi connectivity index (χ4v) is 7.13. The van der Waals surface area contributed by atoms with E-state index in [1.54, 1.807) is 5.06 Å². The molecule has 5 nitrogen and oxygen atoms in total. The van der Waals surface area contributed by atoms with Gasteiger partial charge in [0.25, 0.3) is 5.91 Å². The van der Waals surface area contributed by atoms with Gasteiger partial charge in [0.2, 0.25) is 0 Å². The topological polar surface area (TPSA) is 48.0 Å². The average molecular weight is 476 g/mol. The molecule has 5 atom stereocenters. The Morgan fingerprint density at radius 1 is 1.12 bits per heavy atom. The van der Waals surface area contributed by atoms with Gasteiger partial charge in [-0.1, -0.05) is 70.2 Å². The first kappa shape index (κ1) is 25.4. The number of rotatable bonds is 7. The highest BCUT2D eigenvalue weighted by Gasteiger charge is 2.69. The molecule has 2 aliphatic rings. The van der Waals surface area contributed by atoms with E-state index in [-0.39, 0.29) is 23.3 Å². The highest BCUT2D eigenvalue weighted by Crippen LogP contribution is 2.52. The Morgan fingerprint density at radius 2 is 1.75 bits per heavy atom. The van der Waals surface area contributed by atoms with Crippen molar-refractivity contribution in [3.05, 3.63) is 48.0 Å². The molecule has 178 valence electrons. The molecule has 1 aliphatic carbocycles. The molecule has 0 saturated carbocycles. The molecule has 1 aromatic carbocycles. The zero-order valence-electron chi connectivity index (χ0n) is 21.2. The maximum Gasteiger partial charge on any atom is 0.278 e.